The minimum Gasteiger partial charge on any atom is -0.306 e. The van der Waals surface area contributed by atoms with Gasteiger partial charge in [-0.25, -0.2) is 0 Å². The van der Waals surface area contributed by atoms with Crippen molar-refractivity contribution >= 4 is 12.2 Å². The van der Waals surface area contributed by atoms with Gasteiger partial charge < -0.3 is 9.47 Å². The third-order valence-electron chi connectivity index (χ3n) is 3.90. The van der Waals surface area contributed by atoms with Crippen molar-refractivity contribution in [1.29, 1.82) is 0 Å². The van der Waals surface area contributed by atoms with Crippen LogP contribution in [-0.2, 0) is 6.54 Å². The molecule has 2 rings (SSSR count). The van der Waals surface area contributed by atoms with E-state index in [0.717, 1.165) is 23.1 Å². The number of H-pyrrole nitrogens is 1. The van der Waals surface area contributed by atoms with Crippen molar-refractivity contribution in [3.63, 3.8) is 0 Å². The largest absolute Gasteiger partial charge is 0.306 e. The second kappa shape index (κ2) is 5.97. The van der Waals surface area contributed by atoms with Crippen molar-refractivity contribution in [3.05, 3.63) is 10.6 Å². The Morgan fingerprint density at radius 1 is 1.39 bits per heavy atom. The monoisotopic (exact) mass is 268 g/mol. The van der Waals surface area contributed by atoms with Gasteiger partial charge in [-0.05, 0) is 57.5 Å². The van der Waals surface area contributed by atoms with E-state index in [2.05, 4.69) is 40.6 Å². The van der Waals surface area contributed by atoms with Gasteiger partial charge in [0, 0.05) is 12.5 Å². The van der Waals surface area contributed by atoms with Gasteiger partial charge in [0.15, 0.2) is 4.77 Å². The molecule has 0 radical (unpaired) electrons. The summed E-state index contributed by atoms with van der Waals surface area (Å²) in [4.78, 5) is 2.42. The molecule has 1 fully saturated rings. The van der Waals surface area contributed by atoms with Crippen molar-refractivity contribution in [2.45, 2.75) is 45.6 Å². The van der Waals surface area contributed by atoms with E-state index >= 15 is 0 Å². The number of aromatic nitrogens is 3. The van der Waals surface area contributed by atoms with Gasteiger partial charge in [0.1, 0.15) is 5.82 Å². The lowest BCUT2D eigenvalue weighted by Crippen LogP contribution is -2.30. The lowest BCUT2D eigenvalue weighted by molar-refractivity contribution is 0.207. The molecule has 1 saturated heterocycles. The Morgan fingerprint density at radius 3 is 2.67 bits per heavy atom. The second-order valence-corrected chi connectivity index (χ2v) is 6.12. The number of nitrogens with one attached hydrogen (secondary N) is 1. The van der Waals surface area contributed by atoms with Crippen molar-refractivity contribution in [1.82, 2.24) is 19.7 Å². The Labute approximate surface area is 114 Å². The summed E-state index contributed by atoms with van der Waals surface area (Å²) in [6.07, 6.45) is 3.86. The van der Waals surface area contributed by atoms with Gasteiger partial charge in [0.25, 0.3) is 0 Å². The predicted molar refractivity (Wildman–Crippen MR) is 76.3 cm³/mol. The van der Waals surface area contributed by atoms with Gasteiger partial charge in [-0.15, -0.1) is 0 Å². The summed E-state index contributed by atoms with van der Waals surface area (Å²) in [5.41, 5.74) is 0. The minimum absolute atomic E-state index is 0.426. The van der Waals surface area contributed by atoms with E-state index in [0.29, 0.717) is 5.92 Å². The lowest BCUT2D eigenvalue weighted by Gasteiger charge is -2.29. The molecule has 2 heterocycles. The average molecular weight is 268 g/mol. The van der Waals surface area contributed by atoms with Crippen molar-refractivity contribution in [3.8, 4) is 0 Å². The van der Waals surface area contributed by atoms with Crippen molar-refractivity contribution in [2.75, 3.05) is 20.1 Å². The van der Waals surface area contributed by atoms with Crippen LogP contribution in [0.4, 0.5) is 0 Å². The van der Waals surface area contributed by atoms with Gasteiger partial charge in [0.2, 0.25) is 0 Å². The topological polar surface area (TPSA) is 36.9 Å². The van der Waals surface area contributed by atoms with Crippen molar-refractivity contribution in [2.24, 2.45) is 5.92 Å². The molecule has 0 unspecified atom stereocenters. The molecule has 0 saturated carbocycles. The first kappa shape index (κ1) is 13.7. The van der Waals surface area contributed by atoms with Crippen LogP contribution in [0, 0.1) is 10.7 Å². The molecule has 0 bridgehead atoms. The Balaban J connectivity index is 1.94. The van der Waals surface area contributed by atoms with Crippen LogP contribution in [0.5, 0.6) is 0 Å². The number of hydrogen-bond donors (Lipinski definition) is 1. The zero-order valence-corrected chi connectivity index (χ0v) is 12.5. The molecule has 0 amide bonds. The normalized spacial score (nSPS) is 18.7. The third-order valence-corrected chi connectivity index (χ3v) is 4.21. The molecule has 1 aromatic heterocycles. The van der Waals surface area contributed by atoms with Gasteiger partial charge in [-0.3, -0.25) is 5.10 Å². The smallest absolute Gasteiger partial charge is 0.195 e. The summed E-state index contributed by atoms with van der Waals surface area (Å²) < 4.78 is 2.95. The maximum atomic E-state index is 5.31. The molecule has 0 aromatic carbocycles. The van der Waals surface area contributed by atoms with Crippen LogP contribution in [0.3, 0.4) is 0 Å². The first-order valence-electron chi connectivity index (χ1n) is 6.91. The van der Waals surface area contributed by atoms with Crippen LogP contribution in [0.2, 0.25) is 0 Å². The standard InChI is InChI=1S/C13H24N4S/c1-10(2)12-14-15-13(18)17(12)9-6-11-4-7-16(3)8-5-11/h10-11H,4-9H2,1-3H3,(H,15,18). The van der Waals surface area contributed by atoms with Gasteiger partial charge in [-0.2, -0.15) is 5.10 Å². The second-order valence-electron chi connectivity index (χ2n) is 5.73. The van der Waals surface area contributed by atoms with Crippen LogP contribution in [0.15, 0.2) is 0 Å². The first-order chi connectivity index (χ1) is 8.58. The fraction of sp³-hybridized carbons (Fsp3) is 0.846. The number of aromatic amines is 1. The maximum absolute atomic E-state index is 5.31. The summed E-state index contributed by atoms with van der Waals surface area (Å²) in [6, 6.07) is 0. The molecule has 0 atom stereocenters. The van der Waals surface area contributed by atoms with Crippen LogP contribution >= 0.6 is 12.2 Å². The highest BCUT2D eigenvalue weighted by Gasteiger charge is 2.17. The Morgan fingerprint density at radius 2 is 2.06 bits per heavy atom. The van der Waals surface area contributed by atoms with Gasteiger partial charge in [0.05, 0.1) is 0 Å². The van der Waals surface area contributed by atoms with E-state index in [1.165, 1.54) is 32.4 Å². The summed E-state index contributed by atoms with van der Waals surface area (Å²) in [7, 11) is 2.21. The molecule has 0 spiro atoms. The maximum Gasteiger partial charge on any atom is 0.195 e. The summed E-state index contributed by atoms with van der Waals surface area (Å²) >= 11 is 5.31. The van der Waals surface area contributed by atoms with Crippen LogP contribution in [-0.4, -0.2) is 39.8 Å². The molecular formula is C13H24N4S. The fourth-order valence-corrected chi connectivity index (χ4v) is 2.88. The molecule has 1 aromatic rings. The van der Waals surface area contributed by atoms with Crippen molar-refractivity contribution < 1.29 is 0 Å². The Kier molecular flexibility index (Phi) is 4.56. The fourth-order valence-electron chi connectivity index (χ4n) is 2.65. The number of nitrogens with zero attached hydrogens (tertiary/aromatic N) is 3. The molecule has 1 aliphatic rings. The van der Waals surface area contributed by atoms with Crippen LogP contribution in [0.25, 0.3) is 0 Å². The molecule has 4 nitrogen and oxygen atoms in total. The molecule has 0 aliphatic carbocycles. The zero-order valence-electron chi connectivity index (χ0n) is 11.6. The SMILES string of the molecule is CC(C)c1n[nH]c(=S)n1CCC1CCN(C)CC1. The molecule has 5 heteroatoms. The van der Waals surface area contributed by atoms with E-state index < -0.39 is 0 Å². The molecule has 102 valence electrons. The highest BCUT2D eigenvalue weighted by molar-refractivity contribution is 7.71. The van der Waals surface area contributed by atoms with E-state index in [1.807, 2.05) is 0 Å². The molecule has 1 N–H and O–H groups in total. The predicted octanol–water partition coefficient (Wildman–Crippen LogP) is 2.80. The van der Waals surface area contributed by atoms with E-state index in [1.54, 1.807) is 0 Å². The molecule has 1 aliphatic heterocycles. The zero-order chi connectivity index (χ0) is 13.1. The van der Waals surface area contributed by atoms with Crippen LogP contribution in [0.1, 0.15) is 44.9 Å². The molecule has 18 heavy (non-hydrogen) atoms. The quantitative estimate of drug-likeness (QED) is 0.853. The van der Waals surface area contributed by atoms with E-state index in [-0.39, 0.29) is 0 Å². The highest BCUT2D eigenvalue weighted by Crippen LogP contribution is 2.21. The molecular weight excluding hydrogens is 244 g/mol. The number of piperidine rings is 1. The highest BCUT2D eigenvalue weighted by atomic mass is 32.1. The number of hydrogen-bond acceptors (Lipinski definition) is 3. The Hall–Kier alpha value is -0.680. The van der Waals surface area contributed by atoms with E-state index in [9.17, 15) is 0 Å². The summed E-state index contributed by atoms with van der Waals surface area (Å²) in [5, 5.41) is 7.25. The van der Waals surface area contributed by atoms with Crippen LogP contribution < -0.4 is 0 Å². The average Bonchev–Trinajstić information content (AvgIpc) is 2.70. The minimum atomic E-state index is 0.426. The lowest BCUT2D eigenvalue weighted by atomic mass is 9.94. The number of rotatable bonds is 4. The number of likely N-dealkylation sites (tertiary alicyclic amines) is 1. The first-order valence-corrected chi connectivity index (χ1v) is 7.32. The van der Waals surface area contributed by atoms with Gasteiger partial charge in [-0.1, -0.05) is 13.8 Å². The Bertz CT molecular complexity index is 426. The van der Waals surface area contributed by atoms with E-state index in [4.69, 9.17) is 12.2 Å². The summed E-state index contributed by atoms with van der Waals surface area (Å²) in [6.45, 7) is 7.81. The van der Waals surface area contributed by atoms with Gasteiger partial charge >= 0.3 is 0 Å². The summed E-state index contributed by atoms with van der Waals surface area (Å²) in [5.74, 6) is 2.36. The third kappa shape index (κ3) is 3.20.